The minimum atomic E-state index is -4.38. The Hall–Kier alpha value is -4.41. The lowest BCUT2D eigenvalue weighted by molar-refractivity contribution is -0.192. The number of rotatable bonds is 10. The van der Waals surface area contributed by atoms with Crippen molar-refractivity contribution in [2.75, 3.05) is 31.7 Å². The SMILES string of the molecule is COc1ccc(CN(c2ncns2)S(=O)(=O)c2ccc3c(c2)OCC[C@@H]3N2CC[C@@H](C(F)(F)F)C[C@H]2c2cccc(C(N)=O)c2)c(OC)c1. The van der Waals surface area contributed by atoms with E-state index < -0.39 is 34.1 Å². The highest BCUT2D eigenvalue weighted by Gasteiger charge is 2.47. The van der Waals surface area contributed by atoms with E-state index in [0.29, 0.717) is 40.4 Å². The maximum Gasteiger partial charge on any atom is 0.391 e. The number of ether oxygens (including phenoxy) is 3. The summed E-state index contributed by atoms with van der Waals surface area (Å²) in [5.41, 5.74) is 7.48. The van der Waals surface area contributed by atoms with Crippen LogP contribution in [-0.4, -0.2) is 62.1 Å². The van der Waals surface area contributed by atoms with Gasteiger partial charge in [-0.2, -0.15) is 17.5 Å². The number of fused-ring (bicyclic) bond motifs is 1. The summed E-state index contributed by atoms with van der Waals surface area (Å²) in [6.07, 6.45) is -2.93. The standard InChI is InChI=1S/C33H34F3N5O6S2/c1-45-24-7-6-22(29(16-24)46-2)18-41(32-38-19-39-48-32)49(43,44)25-8-9-26-27(11-13-47-30(26)17-25)40-12-10-23(33(34,35)36)15-28(40)20-4-3-5-21(14-20)31(37)42/h3-9,14,16-17,19,23,27-28H,10-13,15,18H2,1-2H3,(H2,37,42)/t23-,27+,28+/m1/s1. The zero-order chi connectivity index (χ0) is 34.9. The Kier molecular flexibility index (Phi) is 9.73. The number of aromatic nitrogens is 2. The number of carbonyl (C=O) groups excluding carboxylic acids is 1. The van der Waals surface area contributed by atoms with E-state index in [0.717, 1.165) is 15.8 Å². The molecule has 6 rings (SSSR count). The Morgan fingerprint density at radius 1 is 1.08 bits per heavy atom. The molecule has 1 aromatic heterocycles. The zero-order valence-corrected chi connectivity index (χ0v) is 28.2. The number of anilines is 1. The number of carbonyl (C=O) groups is 1. The number of sulfonamides is 1. The second kappa shape index (κ2) is 13.8. The predicted molar refractivity (Wildman–Crippen MR) is 175 cm³/mol. The number of piperidine rings is 1. The van der Waals surface area contributed by atoms with Gasteiger partial charge in [-0.05, 0) is 55.3 Å². The van der Waals surface area contributed by atoms with Crippen molar-refractivity contribution in [3.05, 3.63) is 89.2 Å². The fourth-order valence-electron chi connectivity index (χ4n) is 6.53. The van der Waals surface area contributed by atoms with Gasteiger partial charge in [0, 0.05) is 58.9 Å². The number of nitrogens with two attached hydrogens (primary N) is 1. The number of likely N-dealkylation sites (tertiary alicyclic amines) is 1. The average Bonchev–Trinajstić information content (AvgIpc) is 3.64. The smallest absolute Gasteiger partial charge is 0.391 e. The number of hydrogen-bond donors (Lipinski definition) is 1. The molecule has 1 fully saturated rings. The van der Waals surface area contributed by atoms with Crippen LogP contribution in [0.2, 0.25) is 0 Å². The van der Waals surface area contributed by atoms with Crippen molar-refractivity contribution in [1.82, 2.24) is 14.3 Å². The number of primary amides is 1. The van der Waals surface area contributed by atoms with Gasteiger partial charge in [0.15, 0.2) is 0 Å². The van der Waals surface area contributed by atoms with Crippen molar-refractivity contribution >= 4 is 32.6 Å². The summed E-state index contributed by atoms with van der Waals surface area (Å²) >= 11 is 0.917. The quantitative estimate of drug-likeness (QED) is 0.213. The number of nitrogens with zero attached hydrogens (tertiary/aromatic N) is 4. The molecule has 0 spiro atoms. The molecule has 260 valence electrons. The maximum atomic E-state index is 14.3. The van der Waals surface area contributed by atoms with Crippen LogP contribution in [0.3, 0.4) is 0 Å². The van der Waals surface area contributed by atoms with E-state index >= 15 is 0 Å². The lowest BCUT2D eigenvalue weighted by Crippen LogP contribution is -2.44. The molecule has 4 aromatic rings. The number of hydrogen-bond acceptors (Lipinski definition) is 10. The summed E-state index contributed by atoms with van der Waals surface area (Å²) in [6, 6.07) is 15.0. The molecule has 0 bridgehead atoms. The van der Waals surface area contributed by atoms with Crippen LogP contribution in [0.25, 0.3) is 0 Å². The van der Waals surface area contributed by atoms with Gasteiger partial charge in [0.2, 0.25) is 11.0 Å². The highest BCUT2D eigenvalue weighted by Crippen LogP contribution is 2.48. The molecule has 2 N–H and O–H groups in total. The minimum absolute atomic E-state index is 0.0592. The monoisotopic (exact) mass is 717 g/mol. The number of methoxy groups -OCH3 is 2. The lowest BCUT2D eigenvalue weighted by Gasteiger charge is -2.46. The summed E-state index contributed by atoms with van der Waals surface area (Å²) in [4.78, 5) is 18.1. The van der Waals surface area contributed by atoms with Gasteiger partial charge in [-0.3, -0.25) is 9.69 Å². The van der Waals surface area contributed by atoms with Gasteiger partial charge >= 0.3 is 6.18 Å². The van der Waals surface area contributed by atoms with Crippen molar-refractivity contribution in [3.8, 4) is 17.2 Å². The van der Waals surface area contributed by atoms with Crippen molar-refractivity contribution in [3.63, 3.8) is 0 Å². The first-order valence-electron chi connectivity index (χ1n) is 15.4. The van der Waals surface area contributed by atoms with E-state index in [-0.39, 0.29) is 54.2 Å². The van der Waals surface area contributed by atoms with Gasteiger partial charge in [-0.25, -0.2) is 17.7 Å². The summed E-state index contributed by atoms with van der Waals surface area (Å²) in [6.45, 7) is 0.233. The second-order valence-corrected chi connectivity index (χ2v) is 14.4. The van der Waals surface area contributed by atoms with Gasteiger partial charge in [0.05, 0.1) is 38.2 Å². The largest absolute Gasteiger partial charge is 0.497 e. The number of halogens is 3. The van der Waals surface area contributed by atoms with Crippen LogP contribution >= 0.6 is 11.5 Å². The van der Waals surface area contributed by atoms with Crippen LogP contribution in [0.15, 0.2) is 71.9 Å². The third-order valence-electron chi connectivity index (χ3n) is 9.02. The molecule has 0 saturated carbocycles. The molecule has 1 amide bonds. The Balaban J connectivity index is 1.35. The normalized spacial score (nSPS) is 19.8. The van der Waals surface area contributed by atoms with Crippen molar-refractivity contribution < 1.29 is 40.6 Å². The highest BCUT2D eigenvalue weighted by molar-refractivity contribution is 7.93. The van der Waals surface area contributed by atoms with E-state index in [1.54, 1.807) is 42.5 Å². The lowest BCUT2D eigenvalue weighted by atomic mass is 9.83. The van der Waals surface area contributed by atoms with Crippen LogP contribution in [0, 0.1) is 5.92 Å². The first-order chi connectivity index (χ1) is 23.4. The summed E-state index contributed by atoms with van der Waals surface area (Å²) in [5, 5.41) is 0.142. The molecular weight excluding hydrogens is 684 g/mol. The molecule has 11 nitrogen and oxygen atoms in total. The molecule has 0 aliphatic carbocycles. The Bertz CT molecular complexity index is 1930. The van der Waals surface area contributed by atoms with Crippen LogP contribution in [0.5, 0.6) is 17.2 Å². The Morgan fingerprint density at radius 3 is 2.59 bits per heavy atom. The maximum absolute atomic E-state index is 14.3. The first kappa shape index (κ1) is 34.5. The molecule has 2 aliphatic heterocycles. The van der Waals surface area contributed by atoms with Crippen LogP contribution < -0.4 is 24.2 Å². The van der Waals surface area contributed by atoms with Gasteiger partial charge in [-0.1, -0.05) is 18.2 Å². The van der Waals surface area contributed by atoms with E-state index in [2.05, 4.69) is 9.36 Å². The second-order valence-electron chi connectivity index (χ2n) is 11.8. The highest BCUT2D eigenvalue weighted by atomic mass is 32.2. The molecule has 0 unspecified atom stereocenters. The van der Waals surface area contributed by atoms with E-state index in [9.17, 15) is 26.4 Å². The minimum Gasteiger partial charge on any atom is -0.497 e. The Morgan fingerprint density at radius 2 is 1.90 bits per heavy atom. The molecule has 49 heavy (non-hydrogen) atoms. The summed E-state index contributed by atoms with van der Waals surface area (Å²) in [7, 11) is -1.25. The zero-order valence-electron chi connectivity index (χ0n) is 26.6. The van der Waals surface area contributed by atoms with Crippen LogP contribution in [0.4, 0.5) is 18.3 Å². The molecule has 0 radical (unpaired) electrons. The summed E-state index contributed by atoms with van der Waals surface area (Å²) < 4.78 is 92.4. The third kappa shape index (κ3) is 7.03. The van der Waals surface area contributed by atoms with E-state index in [1.807, 2.05) is 4.90 Å². The Labute approximate surface area is 285 Å². The molecule has 1 saturated heterocycles. The van der Waals surface area contributed by atoms with E-state index in [4.69, 9.17) is 19.9 Å². The van der Waals surface area contributed by atoms with Crippen LogP contribution in [-0.2, 0) is 16.6 Å². The van der Waals surface area contributed by atoms with Crippen LogP contribution in [0.1, 0.15) is 58.4 Å². The van der Waals surface area contributed by atoms with Crippen molar-refractivity contribution in [1.29, 1.82) is 0 Å². The molecule has 3 atom stereocenters. The van der Waals surface area contributed by atoms with Gasteiger partial charge in [0.25, 0.3) is 10.0 Å². The van der Waals surface area contributed by atoms with E-state index in [1.165, 1.54) is 38.7 Å². The molecule has 16 heteroatoms. The number of alkyl halides is 3. The van der Waals surface area contributed by atoms with Crippen molar-refractivity contribution in [2.24, 2.45) is 11.7 Å². The fraction of sp³-hybridized carbons (Fsp3) is 0.364. The van der Waals surface area contributed by atoms with Gasteiger partial charge in [0.1, 0.15) is 23.6 Å². The molecule has 3 aromatic carbocycles. The number of benzene rings is 3. The number of amides is 1. The topological polar surface area (TPSA) is 137 Å². The summed E-state index contributed by atoms with van der Waals surface area (Å²) in [5.74, 6) is -0.911. The fourth-order valence-corrected chi connectivity index (χ4v) is 8.68. The first-order valence-corrected chi connectivity index (χ1v) is 17.6. The van der Waals surface area contributed by atoms with Gasteiger partial charge in [-0.15, -0.1) is 0 Å². The van der Waals surface area contributed by atoms with Gasteiger partial charge < -0.3 is 19.9 Å². The van der Waals surface area contributed by atoms with Crippen molar-refractivity contribution in [2.45, 2.75) is 49.0 Å². The molecular formula is C33H34F3N5O6S2. The predicted octanol–water partition coefficient (Wildman–Crippen LogP) is 5.89. The third-order valence-corrected chi connectivity index (χ3v) is 11.6. The average molecular weight is 718 g/mol. The molecule has 3 heterocycles. The molecule has 2 aliphatic rings.